The fraction of sp³-hybridized carbons (Fsp3) is 0.500. The fourth-order valence-electron chi connectivity index (χ4n) is 1.98. The molecule has 1 saturated carbocycles. The predicted octanol–water partition coefficient (Wildman–Crippen LogP) is 3.39. The zero-order valence-corrected chi connectivity index (χ0v) is 11.2. The second-order valence-electron chi connectivity index (χ2n) is 4.63. The minimum Gasteiger partial charge on any atom is -0.349 e. The lowest BCUT2D eigenvalue weighted by Crippen LogP contribution is -2.35. The van der Waals surface area contributed by atoms with E-state index in [-0.39, 0.29) is 17.9 Å². The maximum atomic E-state index is 11.8. The second-order valence-corrected chi connectivity index (χ2v) is 5.51. The summed E-state index contributed by atoms with van der Waals surface area (Å²) in [6.45, 7) is 2.05. The van der Waals surface area contributed by atoms with E-state index in [1.54, 1.807) is 11.8 Å². The van der Waals surface area contributed by atoms with Gasteiger partial charge in [0.1, 0.15) is 0 Å². The minimum atomic E-state index is 0.110. The Morgan fingerprint density at radius 1 is 1.35 bits per heavy atom. The van der Waals surface area contributed by atoms with Gasteiger partial charge in [0, 0.05) is 10.8 Å². The molecule has 3 heteroatoms. The highest BCUT2D eigenvalue weighted by molar-refractivity contribution is 7.98. The van der Waals surface area contributed by atoms with E-state index in [1.807, 2.05) is 6.92 Å². The molecule has 17 heavy (non-hydrogen) atoms. The first-order valence-electron chi connectivity index (χ1n) is 6.15. The Kier molecular flexibility index (Phi) is 4.11. The zero-order valence-electron chi connectivity index (χ0n) is 10.4. The Morgan fingerprint density at radius 3 is 2.47 bits per heavy atom. The molecular formula is C14H19NOS. The van der Waals surface area contributed by atoms with E-state index in [4.69, 9.17) is 0 Å². The Morgan fingerprint density at radius 2 is 2.00 bits per heavy atom. The van der Waals surface area contributed by atoms with E-state index in [0.717, 1.165) is 12.8 Å². The molecule has 92 valence electrons. The van der Waals surface area contributed by atoms with Crippen molar-refractivity contribution in [1.82, 2.24) is 5.32 Å². The van der Waals surface area contributed by atoms with Gasteiger partial charge in [-0.2, -0.15) is 0 Å². The predicted molar refractivity (Wildman–Crippen MR) is 72.1 cm³/mol. The number of thioether (sulfide) groups is 1. The van der Waals surface area contributed by atoms with Crippen molar-refractivity contribution >= 4 is 17.7 Å². The SMILES string of the molecule is CSc1ccc([C@H](C)NC(=O)C2CCC2)cc1. The molecular weight excluding hydrogens is 230 g/mol. The van der Waals surface area contributed by atoms with Crippen LogP contribution in [0.25, 0.3) is 0 Å². The minimum absolute atomic E-state index is 0.110. The van der Waals surface area contributed by atoms with Crippen LogP contribution in [-0.2, 0) is 4.79 Å². The molecule has 0 radical (unpaired) electrons. The third kappa shape index (κ3) is 3.03. The lowest BCUT2D eigenvalue weighted by atomic mass is 9.84. The van der Waals surface area contributed by atoms with Crippen LogP contribution in [0.5, 0.6) is 0 Å². The van der Waals surface area contributed by atoms with Gasteiger partial charge in [0.25, 0.3) is 0 Å². The lowest BCUT2D eigenvalue weighted by Gasteiger charge is -2.26. The highest BCUT2D eigenvalue weighted by Gasteiger charge is 2.26. The summed E-state index contributed by atoms with van der Waals surface area (Å²) in [6, 6.07) is 8.51. The average molecular weight is 249 g/mol. The second kappa shape index (κ2) is 5.58. The van der Waals surface area contributed by atoms with E-state index >= 15 is 0 Å². The first-order chi connectivity index (χ1) is 8.20. The van der Waals surface area contributed by atoms with Crippen LogP contribution < -0.4 is 5.32 Å². The van der Waals surface area contributed by atoms with Crippen LogP contribution in [0.2, 0.25) is 0 Å². The van der Waals surface area contributed by atoms with Crippen molar-refractivity contribution in [3.05, 3.63) is 29.8 Å². The van der Waals surface area contributed by atoms with Crippen LogP contribution >= 0.6 is 11.8 Å². The molecule has 0 bridgehead atoms. The normalized spacial score (nSPS) is 17.3. The summed E-state index contributed by atoms with van der Waals surface area (Å²) in [5.74, 6) is 0.487. The van der Waals surface area contributed by atoms with Crippen molar-refractivity contribution in [1.29, 1.82) is 0 Å². The van der Waals surface area contributed by atoms with Gasteiger partial charge >= 0.3 is 0 Å². The van der Waals surface area contributed by atoms with Crippen molar-refractivity contribution in [3.63, 3.8) is 0 Å². The first-order valence-corrected chi connectivity index (χ1v) is 7.37. The Hall–Kier alpha value is -0.960. The molecule has 1 aliphatic rings. The van der Waals surface area contributed by atoms with Gasteiger partial charge < -0.3 is 5.32 Å². The molecule has 2 nitrogen and oxygen atoms in total. The van der Waals surface area contributed by atoms with Gasteiger partial charge in [-0.1, -0.05) is 18.6 Å². The Bertz CT molecular complexity index is 384. The van der Waals surface area contributed by atoms with Crippen molar-refractivity contribution in [3.8, 4) is 0 Å². The van der Waals surface area contributed by atoms with Gasteiger partial charge in [0.15, 0.2) is 0 Å². The van der Waals surface area contributed by atoms with E-state index in [2.05, 4.69) is 35.8 Å². The van der Waals surface area contributed by atoms with Crippen molar-refractivity contribution < 1.29 is 4.79 Å². The number of hydrogen-bond acceptors (Lipinski definition) is 2. The molecule has 0 heterocycles. The average Bonchev–Trinajstić information content (AvgIpc) is 2.26. The fourth-order valence-corrected chi connectivity index (χ4v) is 2.39. The van der Waals surface area contributed by atoms with Gasteiger partial charge in [-0.3, -0.25) is 4.79 Å². The van der Waals surface area contributed by atoms with Gasteiger partial charge in [0.2, 0.25) is 5.91 Å². The van der Waals surface area contributed by atoms with Crippen LogP contribution in [0.3, 0.4) is 0 Å². The Balaban J connectivity index is 1.93. The smallest absolute Gasteiger partial charge is 0.223 e. The maximum Gasteiger partial charge on any atom is 0.223 e. The summed E-state index contributed by atoms with van der Waals surface area (Å²) in [6.07, 6.45) is 5.39. The van der Waals surface area contributed by atoms with Crippen LogP contribution in [0.15, 0.2) is 29.2 Å². The van der Waals surface area contributed by atoms with Crippen LogP contribution in [0, 0.1) is 5.92 Å². The number of nitrogens with one attached hydrogen (secondary N) is 1. The maximum absolute atomic E-state index is 11.8. The van der Waals surface area contributed by atoms with Crippen molar-refractivity contribution in [2.75, 3.05) is 6.26 Å². The molecule has 1 aromatic rings. The van der Waals surface area contributed by atoms with Gasteiger partial charge in [-0.15, -0.1) is 11.8 Å². The molecule has 0 aliphatic heterocycles. The molecule has 1 fully saturated rings. The third-order valence-electron chi connectivity index (χ3n) is 3.45. The standard InChI is InChI=1S/C14H19NOS/c1-10(15-14(16)12-4-3-5-12)11-6-8-13(17-2)9-7-11/h6-10,12H,3-5H2,1-2H3,(H,15,16)/t10-/m0/s1. The van der Waals surface area contributed by atoms with Crippen LogP contribution in [0.1, 0.15) is 37.8 Å². The summed E-state index contributed by atoms with van der Waals surface area (Å²) in [5.41, 5.74) is 1.18. The summed E-state index contributed by atoms with van der Waals surface area (Å²) in [7, 11) is 0. The quantitative estimate of drug-likeness (QED) is 0.829. The van der Waals surface area contributed by atoms with Crippen molar-refractivity contribution in [2.24, 2.45) is 5.92 Å². The number of amides is 1. The summed E-state index contributed by atoms with van der Waals surface area (Å²) >= 11 is 1.73. The molecule has 1 aromatic carbocycles. The monoisotopic (exact) mass is 249 g/mol. The van der Waals surface area contributed by atoms with Crippen LogP contribution in [-0.4, -0.2) is 12.2 Å². The largest absolute Gasteiger partial charge is 0.349 e. The molecule has 1 amide bonds. The lowest BCUT2D eigenvalue weighted by molar-refractivity contribution is -0.128. The van der Waals surface area contributed by atoms with Gasteiger partial charge in [-0.25, -0.2) is 0 Å². The first kappa shape index (κ1) is 12.5. The van der Waals surface area contributed by atoms with Crippen molar-refractivity contribution in [2.45, 2.75) is 37.1 Å². The topological polar surface area (TPSA) is 29.1 Å². The van der Waals surface area contributed by atoms with E-state index in [9.17, 15) is 4.79 Å². The Labute approximate surface area is 107 Å². The number of carbonyl (C=O) groups excluding carboxylic acids is 1. The highest BCUT2D eigenvalue weighted by atomic mass is 32.2. The molecule has 1 N–H and O–H groups in total. The molecule has 0 saturated heterocycles. The summed E-state index contributed by atoms with van der Waals surface area (Å²) < 4.78 is 0. The van der Waals surface area contributed by atoms with Gasteiger partial charge in [-0.05, 0) is 43.7 Å². The number of hydrogen-bond donors (Lipinski definition) is 1. The van der Waals surface area contributed by atoms with Gasteiger partial charge in [0.05, 0.1) is 6.04 Å². The summed E-state index contributed by atoms with van der Waals surface area (Å²) in [4.78, 5) is 13.1. The number of carbonyl (C=O) groups is 1. The number of benzene rings is 1. The number of rotatable bonds is 4. The molecule has 0 spiro atoms. The van der Waals surface area contributed by atoms with E-state index < -0.39 is 0 Å². The zero-order chi connectivity index (χ0) is 12.3. The molecule has 0 aromatic heterocycles. The van der Waals surface area contributed by atoms with Crippen LogP contribution in [0.4, 0.5) is 0 Å². The van der Waals surface area contributed by atoms with E-state index in [0.29, 0.717) is 0 Å². The molecule has 1 aliphatic carbocycles. The third-order valence-corrected chi connectivity index (χ3v) is 4.19. The van der Waals surface area contributed by atoms with E-state index in [1.165, 1.54) is 16.9 Å². The molecule has 0 unspecified atom stereocenters. The molecule has 1 atom stereocenters. The molecule has 2 rings (SSSR count). The highest BCUT2D eigenvalue weighted by Crippen LogP contribution is 2.27. The summed E-state index contributed by atoms with van der Waals surface area (Å²) in [5, 5.41) is 3.09.